The fraction of sp³-hybridized carbons (Fsp3) is 0.429. The molecule has 0 unspecified atom stereocenters. The third-order valence-electron chi connectivity index (χ3n) is 3.06. The van der Waals surface area contributed by atoms with Crippen molar-refractivity contribution < 1.29 is 16.4 Å². The van der Waals surface area contributed by atoms with Gasteiger partial charge in [-0.05, 0) is 12.8 Å². The minimum Gasteiger partial charge on any atom is -0.343 e. The summed E-state index contributed by atoms with van der Waals surface area (Å²) < 4.78 is 38.4. The Bertz CT molecular complexity index is 610. The minimum absolute atomic E-state index is 0.0475. The van der Waals surface area contributed by atoms with Crippen LogP contribution in [0.4, 0.5) is 0 Å². The van der Waals surface area contributed by atoms with Gasteiger partial charge in [0.05, 0.1) is 6.85 Å². The molecule has 0 radical (unpaired) electrons. The van der Waals surface area contributed by atoms with Gasteiger partial charge in [0.1, 0.15) is 0 Å². The van der Waals surface area contributed by atoms with Crippen molar-refractivity contribution in [3.05, 3.63) is 35.8 Å². The number of Topliss-reactive ketones (excluding diaryl/α,β-unsaturated/α-hetero) is 1. The summed E-state index contributed by atoms with van der Waals surface area (Å²) >= 11 is 0. The molecule has 3 heteroatoms. The largest absolute Gasteiger partial charge is 0.343 e. The van der Waals surface area contributed by atoms with E-state index in [1.165, 1.54) is 6.92 Å². The molecule has 1 aromatic carbocycles. The van der Waals surface area contributed by atoms with Crippen LogP contribution in [0, 0.1) is 5.92 Å². The Morgan fingerprint density at radius 3 is 2.35 bits per heavy atom. The van der Waals surface area contributed by atoms with Crippen LogP contribution in [0.5, 0.6) is 0 Å². The maximum Gasteiger partial charge on any atom is 0.219 e. The molecule has 1 aromatic rings. The zero-order valence-electron chi connectivity index (χ0n) is 14.7. The number of rotatable bonds is 2. The molecule has 1 amide bonds. The first-order valence-corrected chi connectivity index (χ1v) is 5.62. The Balaban J connectivity index is 2.30. The topological polar surface area (TPSA) is 37.4 Å². The number of hydrogen-bond acceptors (Lipinski definition) is 2. The average Bonchev–Trinajstić information content (AvgIpc) is 2.51. The van der Waals surface area contributed by atoms with Gasteiger partial charge in [-0.2, -0.15) is 0 Å². The molecule has 17 heavy (non-hydrogen) atoms. The van der Waals surface area contributed by atoms with E-state index in [2.05, 4.69) is 0 Å². The first-order valence-electron chi connectivity index (χ1n) is 8.12. The predicted molar refractivity (Wildman–Crippen MR) is 65.8 cm³/mol. The highest BCUT2D eigenvalue weighted by Crippen LogP contribution is 2.21. The molecule has 0 N–H and O–H groups in total. The third-order valence-corrected chi connectivity index (χ3v) is 3.06. The van der Waals surface area contributed by atoms with Crippen molar-refractivity contribution in [2.45, 2.75) is 19.8 Å². The molecule has 0 spiro atoms. The van der Waals surface area contributed by atoms with Crippen molar-refractivity contribution in [3.63, 3.8) is 0 Å². The van der Waals surface area contributed by atoms with Crippen LogP contribution in [0.3, 0.4) is 0 Å². The maximum absolute atomic E-state index is 12.6. The van der Waals surface area contributed by atoms with E-state index in [9.17, 15) is 9.59 Å². The molecule has 1 heterocycles. The molecule has 1 saturated heterocycles. The summed E-state index contributed by atoms with van der Waals surface area (Å²) in [5.41, 5.74) is -0.243. The minimum atomic E-state index is -0.502. The van der Waals surface area contributed by atoms with Crippen molar-refractivity contribution in [3.8, 4) is 0 Å². The first-order chi connectivity index (χ1) is 10.3. The first kappa shape index (κ1) is 6.94. The van der Waals surface area contributed by atoms with Crippen molar-refractivity contribution in [2.75, 3.05) is 13.1 Å². The van der Waals surface area contributed by atoms with Crippen molar-refractivity contribution in [2.24, 2.45) is 5.92 Å². The number of nitrogens with zero attached hydrogens (tertiary/aromatic N) is 1. The quantitative estimate of drug-likeness (QED) is 0.738. The lowest BCUT2D eigenvalue weighted by molar-refractivity contribution is -0.130. The summed E-state index contributed by atoms with van der Waals surface area (Å²) in [5, 5.41) is 0. The number of amides is 1. The van der Waals surface area contributed by atoms with Crippen LogP contribution in [0.25, 0.3) is 0 Å². The van der Waals surface area contributed by atoms with Crippen LogP contribution in [0.15, 0.2) is 30.2 Å². The molecule has 1 aliphatic rings. The van der Waals surface area contributed by atoms with Gasteiger partial charge in [-0.3, -0.25) is 9.59 Å². The molecule has 1 fully saturated rings. The molecule has 0 atom stereocenters. The molecule has 3 nitrogen and oxygen atoms in total. The summed E-state index contributed by atoms with van der Waals surface area (Å²) in [6.07, 6.45) is 0.890. The molecular weight excluding hydrogens is 214 g/mol. The second-order valence-electron chi connectivity index (χ2n) is 4.14. The van der Waals surface area contributed by atoms with E-state index in [0.29, 0.717) is 25.9 Å². The van der Waals surface area contributed by atoms with Crippen molar-refractivity contribution in [1.29, 1.82) is 0 Å². The van der Waals surface area contributed by atoms with Gasteiger partial charge in [0.2, 0.25) is 5.91 Å². The predicted octanol–water partition coefficient (Wildman–Crippen LogP) is 2.13. The number of likely N-dealkylation sites (tertiary alicyclic amines) is 1. The van der Waals surface area contributed by atoms with E-state index in [4.69, 9.17) is 6.85 Å². The number of piperidine rings is 1. The van der Waals surface area contributed by atoms with Gasteiger partial charge < -0.3 is 4.90 Å². The standard InChI is InChI=1S/C14H17NO2/c1-11(16)15-9-7-13(8-10-15)14(17)12-5-3-2-4-6-12/h2-6,13H,7-10H2,1H3/i2D,3D,4D,5D,6D. The highest BCUT2D eigenvalue weighted by atomic mass is 16.2. The number of hydrogen-bond donors (Lipinski definition) is 0. The molecule has 90 valence electrons. The SMILES string of the molecule is [2H]c1c([2H])c([2H])c(C(=O)C2CCN(C(C)=O)CC2)c([2H])c1[2H]. The van der Waals surface area contributed by atoms with Gasteiger partial charge in [0.15, 0.2) is 5.78 Å². The van der Waals surface area contributed by atoms with E-state index in [1.54, 1.807) is 4.90 Å². The lowest BCUT2D eigenvalue weighted by atomic mass is 9.89. The number of ketones is 1. The Kier molecular flexibility index (Phi) is 2.09. The molecular formula is C14H17NO2. The monoisotopic (exact) mass is 236 g/mol. The zero-order valence-corrected chi connectivity index (χ0v) is 9.67. The van der Waals surface area contributed by atoms with Crippen LogP contribution in [-0.4, -0.2) is 29.7 Å². The second-order valence-corrected chi connectivity index (χ2v) is 4.14. The van der Waals surface area contributed by atoms with Crippen LogP contribution < -0.4 is 0 Å². The molecule has 2 rings (SSSR count). The number of carbonyl (C=O) groups excluding carboxylic acids is 2. The van der Waals surface area contributed by atoms with Crippen molar-refractivity contribution in [1.82, 2.24) is 4.90 Å². The van der Waals surface area contributed by atoms with E-state index in [-0.39, 0.29) is 11.5 Å². The molecule has 0 aromatic heterocycles. The smallest absolute Gasteiger partial charge is 0.219 e. The summed E-state index contributed by atoms with van der Waals surface area (Å²) in [7, 11) is 0. The number of carbonyl (C=O) groups is 2. The van der Waals surface area contributed by atoms with Crippen LogP contribution in [0.2, 0.25) is 0 Å². The maximum atomic E-state index is 12.6. The van der Waals surface area contributed by atoms with E-state index < -0.39 is 41.9 Å². The normalized spacial score (nSPS) is 21.0. The zero-order chi connectivity index (χ0) is 16.6. The molecule has 0 saturated carbocycles. The fourth-order valence-corrected chi connectivity index (χ4v) is 2.03. The summed E-state index contributed by atoms with van der Waals surface area (Å²) in [6, 6.07) is -2.40. The van der Waals surface area contributed by atoms with E-state index in [1.807, 2.05) is 0 Å². The Morgan fingerprint density at radius 2 is 1.82 bits per heavy atom. The second kappa shape index (κ2) is 5.13. The van der Waals surface area contributed by atoms with Crippen LogP contribution in [-0.2, 0) is 4.79 Å². The molecule has 0 bridgehead atoms. The molecule has 1 aliphatic heterocycles. The van der Waals surface area contributed by atoms with Crippen molar-refractivity contribution >= 4 is 11.7 Å². The highest BCUT2D eigenvalue weighted by Gasteiger charge is 2.26. The third kappa shape index (κ3) is 2.73. The van der Waals surface area contributed by atoms with Gasteiger partial charge in [-0.1, -0.05) is 30.2 Å². The Hall–Kier alpha value is -1.64. The van der Waals surface area contributed by atoms with Crippen LogP contribution >= 0.6 is 0 Å². The van der Waals surface area contributed by atoms with E-state index >= 15 is 0 Å². The number of benzene rings is 1. The van der Waals surface area contributed by atoms with Gasteiger partial charge in [-0.25, -0.2) is 0 Å². The van der Waals surface area contributed by atoms with Gasteiger partial charge >= 0.3 is 0 Å². The highest BCUT2D eigenvalue weighted by molar-refractivity contribution is 5.97. The molecule has 0 aliphatic carbocycles. The average molecular weight is 236 g/mol. The lowest BCUT2D eigenvalue weighted by Gasteiger charge is -2.30. The van der Waals surface area contributed by atoms with Crippen LogP contribution in [0.1, 0.15) is 37.0 Å². The summed E-state index contributed by atoms with van der Waals surface area (Å²) in [4.78, 5) is 25.5. The van der Waals surface area contributed by atoms with Gasteiger partial charge in [0, 0.05) is 31.5 Å². The Morgan fingerprint density at radius 1 is 1.24 bits per heavy atom. The van der Waals surface area contributed by atoms with E-state index in [0.717, 1.165) is 0 Å². The summed E-state index contributed by atoms with van der Waals surface area (Å²) in [5.74, 6) is -0.895. The lowest BCUT2D eigenvalue weighted by Crippen LogP contribution is -2.39. The summed E-state index contributed by atoms with van der Waals surface area (Å²) in [6.45, 7) is 2.37. The Labute approximate surface area is 108 Å². The van der Waals surface area contributed by atoms with Gasteiger partial charge in [-0.15, -0.1) is 0 Å². The van der Waals surface area contributed by atoms with Gasteiger partial charge in [0.25, 0.3) is 0 Å². The fourth-order valence-electron chi connectivity index (χ4n) is 2.03.